The molecule has 1 aromatic heterocycles. The predicted molar refractivity (Wildman–Crippen MR) is 53.1 cm³/mol. The van der Waals surface area contributed by atoms with Gasteiger partial charge in [0.25, 0.3) is 0 Å². The topological polar surface area (TPSA) is 46.3 Å². The van der Waals surface area contributed by atoms with Gasteiger partial charge in [-0.1, -0.05) is 5.16 Å². The van der Waals surface area contributed by atoms with Gasteiger partial charge in [-0.15, -0.1) is 0 Å². The van der Waals surface area contributed by atoms with Gasteiger partial charge in [0.2, 0.25) is 0 Å². The van der Waals surface area contributed by atoms with Crippen molar-refractivity contribution in [2.24, 2.45) is 0 Å². The second kappa shape index (κ2) is 3.18. The summed E-state index contributed by atoms with van der Waals surface area (Å²) in [6, 6.07) is 5.35. The minimum Gasteiger partial charge on any atom is -0.507 e. The molecule has 3 nitrogen and oxygen atoms in total. The molecule has 2 aromatic rings. The summed E-state index contributed by atoms with van der Waals surface area (Å²) in [7, 11) is 0. The zero-order valence-corrected chi connectivity index (χ0v) is 8.11. The van der Waals surface area contributed by atoms with E-state index in [0.717, 1.165) is 11.1 Å². The Bertz CT molecular complexity index is 447. The van der Waals surface area contributed by atoms with Crippen molar-refractivity contribution in [2.45, 2.75) is 13.8 Å². The third-order valence-corrected chi connectivity index (χ3v) is 2.32. The van der Waals surface area contributed by atoms with Gasteiger partial charge in [-0.2, -0.15) is 0 Å². The lowest BCUT2D eigenvalue weighted by molar-refractivity contribution is 0.426. The Hall–Kier alpha value is -1.77. The second-order valence-corrected chi connectivity index (χ2v) is 3.33. The maximum absolute atomic E-state index is 9.70. The number of rotatable bonds is 1. The quantitative estimate of drug-likeness (QED) is 0.750. The van der Waals surface area contributed by atoms with Crippen LogP contribution in [-0.2, 0) is 0 Å². The first-order valence-electron chi connectivity index (χ1n) is 4.40. The molecule has 0 aliphatic heterocycles. The van der Waals surface area contributed by atoms with E-state index in [0.29, 0.717) is 11.3 Å². The lowest BCUT2D eigenvalue weighted by Gasteiger charge is -2.05. The normalized spacial score (nSPS) is 10.4. The minimum atomic E-state index is 0.227. The maximum atomic E-state index is 9.70. The molecule has 0 amide bonds. The highest BCUT2D eigenvalue weighted by Crippen LogP contribution is 2.31. The smallest absolute Gasteiger partial charge is 0.170 e. The van der Waals surface area contributed by atoms with Gasteiger partial charge in [-0.05, 0) is 37.1 Å². The van der Waals surface area contributed by atoms with E-state index >= 15 is 0 Å². The van der Waals surface area contributed by atoms with E-state index in [1.807, 2.05) is 19.9 Å². The molecule has 14 heavy (non-hydrogen) atoms. The molecule has 0 saturated carbocycles. The highest BCUT2D eigenvalue weighted by Gasteiger charge is 2.09. The zero-order chi connectivity index (χ0) is 10.1. The largest absolute Gasteiger partial charge is 0.507 e. The maximum Gasteiger partial charge on any atom is 0.170 e. The Balaban J connectivity index is 2.60. The van der Waals surface area contributed by atoms with Crippen LogP contribution >= 0.6 is 0 Å². The van der Waals surface area contributed by atoms with Crippen molar-refractivity contribution in [3.05, 3.63) is 35.5 Å². The fourth-order valence-electron chi connectivity index (χ4n) is 1.35. The number of phenolic OH excluding ortho intramolecular Hbond substituents is 1. The van der Waals surface area contributed by atoms with Crippen molar-refractivity contribution in [2.75, 3.05) is 0 Å². The summed E-state index contributed by atoms with van der Waals surface area (Å²) >= 11 is 0. The monoisotopic (exact) mass is 189 g/mol. The number of benzene rings is 1. The molecule has 1 N–H and O–H groups in total. The first kappa shape index (κ1) is 8.81. The van der Waals surface area contributed by atoms with E-state index in [1.165, 1.54) is 0 Å². The van der Waals surface area contributed by atoms with Crippen LogP contribution in [0.3, 0.4) is 0 Å². The van der Waals surface area contributed by atoms with Gasteiger partial charge >= 0.3 is 0 Å². The average Bonchev–Trinajstić information content (AvgIpc) is 2.64. The molecular formula is C11H11NO2. The fourth-order valence-corrected chi connectivity index (χ4v) is 1.35. The number of aryl methyl sites for hydroxylation is 2. The first-order chi connectivity index (χ1) is 6.68. The van der Waals surface area contributed by atoms with Gasteiger partial charge < -0.3 is 9.63 Å². The highest BCUT2D eigenvalue weighted by atomic mass is 16.5. The summed E-state index contributed by atoms with van der Waals surface area (Å²) in [5.74, 6) is 0.815. The van der Waals surface area contributed by atoms with Gasteiger partial charge in [-0.25, -0.2) is 0 Å². The molecule has 72 valence electrons. The van der Waals surface area contributed by atoms with Crippen LogP contribution in [0.25, 0.3) is 11.3 Å². The fraction of sp³-hybridized carbons (Fsp3) is 0.182. The van der Waals surface area contributed by atoms with E-state index in [-0.39, 0.29) is 5.75 Å². The van der Waals surface area contributed by atoms with Gasteiger partial charge in [0.1, 0.15) is 5.75 Å². The molecule has 0 bridgehead atoms. The molecule has 0 aliphatic carbocycles. The SMILES string of the molecule is Cc1cc(O)c(-c2ccno2)cc1C. The van der Waals surface area contributed by atoms with Gasteiger partial charge in [0, 0.05) is 6.07 Å². The number of nitrogens with zero attached hydrogens (tertiary/aromatic N) is 1. The number of hydrogen-bond acceptors (Lipinski definition) is 3. The van der Waals surface area contributed by atoms with E-state index in [1.54, 1.807) is 18.3 Å². The Labute approximate surface area is 82.0 Å². The van der Waals surface area contributed by atoms with Gasteiger partial charge in [0.05, 0.1) is 11.8 Å². The molecule has 2 rings (SSSR count). The van der Waals surface area contributed by atoms with Gasteiger partial charge in [-0.3, -0.25) is 0 Å². The second-order valence-electron chi connectivity index (χ2n) is 3.33. The number of phenols is 1. The van der Waals surface area contributed by atoms with Crippen molar-refractivity contribution in [1.29, 1.82) is 0 Å². The number of aromatic nitrogens is 1. The third kappa shape index (κ3) is 1.37. The third-order valence-electron chi connectivity index (χ3n) is 2.32. The van der Waals surface area contributed by atoms with Crippen molar-refractivity contribution >= 4 is 0 Å². The molecule has 3 heteroatoms. The molecular weight excluding hydrogens is 178 g/mol. The van der Waals surface area contributed by atoms with Gasteiger partial charge in [0.15, 0.2) is 5.76 Å². The molecule has 1 heterocycles. The van der Waals surface area contributed by atoms with Crippen LogP contribution in [0.5, 0.6) is 5.75 Å². The molecule has 0 saturated heterocycles. The molecule has 0 atom stereocenters. The van der Waals surface area contributed by atoms with Crippen LogP contribution in [0.1, 0.15) is 11.1 Å². The van der Waals surface area contributed by atoms with E-state index in [4.69, 9.17) is 4.52 Å². The highest BCUT2D eigenvalue weighted by molar-refractivity contribution is 5.66. The standard InChI is InChI=1S/C11H11NO2/c1-7-5-9(10(13)6-8(7)2)11-3-4-12-14-11/h3-6,13H,1-2H3. The molecule has 0 fully saturated rings. The molecule has 0 spiro atoms. The molecule has 1 aromatic carbocycles. The van der Waals surface area contributed by atoms with E-state index in [9.17, 15) is 5.11 Å². The zero-order valence-electron chi connectivity index (χ0n) is 8.11. The van der Waals surface area contributed by atoms with Crippen LogP contribution in [0.4, 0.5) is 0 Å². The summed E-state index contributed by atoms with van der Waals surface area (Å²) in [5.41, 5.74) is 2.87. The summed E-state index contributed by atoms with van der Waals surface area (Å²) in [5, 5.41) is 13.3. The summed E-state index contributed by atoms with van der Waals surface area (Å²) in [4.78, 5) is 0. The summed E-state index contributed by atoms with van der Waals surface area (Å²) in [6.07, 6.45) is 1.56. The lowest BCUT2D eigenvalue weighted by Crippen LogP contribution is -1.83. The Kier molecular flexibility index (Phi) is 2.00. The van der Waals surface area contributed by atoms with E-state index < -0.39 is 0 Å². The number of aromatic hydroxyl groups is 1. The first-order valence-corrected chi connectivity index (χ1v) is 4.40. The summed E-state index contributed by atoms with van der Waals surface area (Å²) < 4.78 is 4.99. The minimum absolute atomic E-state index is 0.227. The Morgan fingerprint density at radius 1 is 1.21 bits per heavy atom. The van der Waals surface area contributed by atoms with Crippen LogP contribution in [-0.4, -0.2) is 10.3 Å². The van der Waals surface area contributed by atoms with Crippen molar-refractivity contribution in [3.63, 3.8) is 0 Å². The Morgan fingerprint density at radius 3 is 2.57 bits per heavy atom. The van der Waals surface area contributed by atoms with Crippen LogP contribution < -0.4 is 0 Å². The van der Waals surface area contributed by atoms with Crippen molar-refractivity contribution in [3.8, 4) is 17.1 Å². The van der Waals surface area contributed by atoms with E-state index in [2.05, 4.69) is 5.16 Å². The number of hydrogen-bond donors (Lipinski definition) is 1. The van der Waals surface area contributed by atoms with Crippen LogP contribution in [0, 0.1) is 13.8 Å². The van der Waals surface area contributed by atoms with Crippen LogP contribution in [0.2, 0.25) is 0 Å². The average molecular weight is 189 g/mol. The molecule has 0 unspecified atom stereocenters. The Morgan fingerprint density at radius 2 is 1.93 bits per heavy atom. The predicted octanol–water partition coefficient (Wildman–Crippen LogP) is 2.66. The van der Waals surface area contributed by atoms with Crippen molar-refractivity contribution in [1.82, 2.24) is 5.16 Å². The summed E-state index contributed by atoms with van der Waals surface area (Å²) in [6.45, 7) is 3.95. The molecule has 0 aliphatic rings. The van der Waals surface area contributed by atoms with Crippen LogP contribution in [0.15, 0.2) is 28.9 Å². The lowest BCUT2D eigenvalue weighted by atomic mass is 10.0. The molecule has 0 radical (unpaired) electrons. The van der Waals surface area contributed by atoms with Crippen molar-refractivity contribution < 1.29 is 9.63 Å².